The van der Waals surface area contributed by atoms with Crippen molar-refractivity contribution in [3.63, 3.8) is 0 Å². The third kappa shape index (κ3) is 4.23. The fourth-order valence-electron chi connectivity index (χ4n) is 2.62. The predicted octanol–water partition coefficient (Wildman–Crippen LogP) is 4.01. The van der Waals surface area contributed by atoms with Crippen LogP contribution in [0.25, 0.3) is 0 Å². The number of anilines is 2. The normalized spacial score (nSPS) is 10.5. The van der Waals surface area contributed by atoms with E-state index in [-0.39, 0.29) is 5.75 Å². The molecule has 3 rings (SSSR count). The lowest BCUT2D eigenvalue weighted by Crippen LogP contribution is -2.19. The summed E-state index contributed by atoms with van der Waals surface area (Å²) in [5.41, 5.74) is 2.24. The van der Waals surface area contributed by atoms with Gasteiger partial charge in [0.15, 0.2) is 0 Å². The molecule has 0 aliphatic heterocycles. The molecule has 0 atom stereocenters. The van der Waals surface area contributed by atoms with Crippen molar-refractivity contribution in [3.05, 3.63) is 75.2 Å². The summed E-state index contributed by atoms with van der Waals surface area (Å²) in [6.45, 7) is 2.40. The van der Waals surface area contributed by atoms with Gasteiger partial charge in [-0.1, -0.05) is 29.8 Å². The quantitative estimate of drug-likeness (QED) is 0.694. The van der Waals surface area contributed by atoms with Crippen molar-refractivity contribution >= 4 is 23.2 Å². The van der Waals surface area contributed by atoms with Gasteiger partial charge < -0.3 is 19.4 Å². The number of ether oxygens (including phenoxy) is 2. The van der Waals surface area contributed by atoms with Crippen LogP contribution in [0.3, 0.4) is 0 Å². The highest BCUT2D eigenvalue weighted by Gasteiger charge is 2.12. The second-order valence-electron chi connectivity index (χ2n) is 5.95. The first-order valence-corrected chi connectivity index (χ1v) is 8.70. The van der Waals surface area contributed by atoms with E-state index in [4.69, 9.17) is 21.1 Å². The molecule has 0 unspecified atom stereocenters. The summed E-state index contributed by atoms with van der Waals surface area (Å²) in [5, 5.41) is 3.84. The Morgan fingerprint density at radius 2 is 1.85 bits per heavy atom. The Kier molecular flexibility index (Phi) is 5.66. The van der Waals surface area contributed by atoms with Gasteiger partial charge in [0.1, 0.15) is 5.75 Å². The minimum Gasteiger partial charge on any atom is -0.497 e. The summed E-state index contributed by atoms with van der Waals surface area (Å²) in [7, 11) is 3.07. The first-order chi connectivity index (χ1) is 13.0. The molecule has 0 radical (unpaired) electrons. The van der Waals surface area contributed by atoms with Gasteiger partial charge in [0.05, 0.1) is 27.0 Å². The molecule has 7 heteroatoms. The van der Waals surface area contributed by atoms with Gasteiger partial charge in [-0.15, -0.1) is 0 Å². The average molecular weight is 386 g/mol. The van der Waals surface area contributed by atoms with Crippen molar-refractivity contribution in [2.45, 2.75) is 13.5 Å². The maximum atomic E-state index is 12.2. The van der Waals surface area contributed by atoms with E-state index >= 15 is 0 Å². The summed E-state index contributed by atoms with van der Waals surface area (Å²) >= 11 is 6.20. The maximum absolute atomic E-state index is 12.2. The molecular formula is C20H20ClN3O3. The summed E-state index contributed by atoms with van der Waals surface area (Å²) in [6.07, 6.45) is 1.64. The first-order valence-electron chi connectivity index (χ1n) is 8.32. The standard InChI is InChI=1S/C20H20ClN3O3/c1-13-16(21)5-4-6-17(13)22-20-23-19(25)18(27-3)12-24(20)11-14-7-9-15(26-2)10-8-14/h4-10,12H,11H2,1-3H3,(H,22,23,25). The van der Waals surface area contributed by atoms with E-state index in [1.54, 1.807) is 13.3 Å². The van der Waals surface area contributed by atoms with E-state index in [1.807, 2.05) is 54.0 Å². The van der Waals surface area contributed by atoms with Gasteiger partial charge in [-0.25, -0.2) is 0 Å². The first kappa shape index (κ1) is 18.8. The summed E-state index contributed by atoms with van der Waals surface area (Å²) in [5.74, 6) is 1.36. The largest absolute Gasteiger partial charge is 0.497 e. The Morgan fingerprint density at radius 1 is 1.11 bits per heavy atom. The van der Waals surface area contributed by atoms with E-state index in [2.05, 4.69) is 10.3 Å². The second kappa shape index (κ2) is 8.14. The van der Waals surface area contributed by atoms with Crippen molar-refractivity contribution in [2.75, 3.05) is 19.5 Å². The van der Waals surface area contributed by atoms with Gasteiger partial charge in [-0.05, 0) is 42.3 Å². The van der Waals surface area contributed by atoms with Crippen molar-refractivity contribution < 1.29 is 9.47 Å². The zero-order valence-electron chi connectivity index (χ0n) is 15.3. The molecule has 0 saturated heterocycles. The number of aromatic nitrogens is 2. The van der Waals surface area contributed by atoms with Crippen molar-refractivity contribution in [1.29, 1.82) is 0 Å². The predicted molar refractivity (Wildman–Crippen MR) is 107 cm³/mol. The number of hydrogen-bond donors (Lipinski definition) is 1. The third-order valence-electron chi connectivity index (χ3n) is 4.21. The summed E-state index contributed by atoms with van der Waals surface area (Å²) in [6, 6.07) is 13.2. The van der Waals surface area contributed by atoms with Crippen LogP contribution in [-0.2, 0) is 6.54 Å². The van der Waals surface area contributed by atoms with E-state index in [0.29, 0.717) is 17.5 Å². The van der Waals surface area contributed by atoms with Crippen LogP contribution in [0.5, 0.6) is 11.5 Å². The highest BCUT2D eigenvalue weighted by atomic mass is 35.5. The van der Waals surface area contributed by atoms with Gasteiger partial charge >= 0.3 is 5.56 Å². The molecule has 27 heavy (non-hydrogen) atoms. The molecular weight excluding hydrogens is 366 g/mol. The number of nitrogens with zero attached hydrogens (tertiary/aromatic N) is 2. The van der Waals surface area contributed by atoms with E-state index in [1.165, 1.54) is 7.11 Å². The smallest absolute Gasteiger partial charge is 0.316 e. The molecule has 0 aliphatic rings. The Hall–Kier alpha value is -2.99. The van der Waals surface area contributed by atoms with Crippen LogP contribution in [0.15, 0.2) is 53.5 Å². The third-order valence-corrected chi connectivity index (χ3v) is 4.62. The highest BCUT2D eigenvalue weighted by Crippen LogP contribution is 2.26. The molecule has 3 aromatic rings. The molecule has 0 spiro atoms. The van der Waals surface area contributed by atoms with Crippen LogP contribution in [-0.4, -0.2) is 23.8 Å². The topological polar surface area (TPSA) is 65.4 Å². The Morgan fingerprint density at radius 3 is 2.52 bits per heavy atom. The highest BCUT2D eigenvalue weighted by molar-refractivity contribution is 6.31. The Labute approximate surface area is 162 Å². The molecule has 2 aromatic carbocycles. The van der Waals surface area contributed by atoms with Gasteiger partial charge in [-0.2, -0.15) is 4.98 Å². The van der Waals surface area contributed by atoms with E-state index in [0.717, 1.165) is 22.6 Å². The molecule has 1 aromatic heterocycles. The van der Waals surface area contributed by atoms with E-state index in [9.17, 15) is 4.79 Å². The fraction of sp³-hybridized carbons (Fsp3) is 0.200. The van der Waals surface area contributed by atoms with Crippen LogP contribution in [0.2, 0.25) is 5.02 Å². The van der Waals surface area contributed by atoms with Crippen molar-refractivity contribution in [3.8, 4) is 11.5 Å². The minimum atomic E-state index is -0.439. The van der Waals surface area contributed by atoms with Crippen LogP contribution in [0, 0.1) is 6.92 Å². The minimum absolute atomic E-state index is 0.178. The van der Waals surface area contributed by atoms with Gasteiger partial charge in [0, 0.05) is 10.7 Å². The van der Waals surface area contributed by atoms with Crippen LogP contribution in [0.1, 0.15) is 11.1 Å². The van der Waals surface area contributed by atoms with Crippen molar-refractivity contribution in [2.24, 2.45) is 0 Å². The number of benzene rings is 2. The zero-order chi connectivity index (χ0) is 19.4. The molecule has 6 nitrogen and oxygen atoms in total. The maximum Gasteiger partial charge on any atom is 0.316 e. The van der Waals surface area contributed by atoms with Gasteiger partial charge in [0.2, 0.25) is 11.7 Å². The lowest BCUT2D eigenvalue weighted by molar-refractivity contribution is 0.402. The molecule has 0 aliphatic carbocycles. The van der Waals surface area contributed by atoms with Gasteiger partial charge in [-0.3, -0.25) is 4.79 Å². The van der Waals surface area contributed by atoms with Gasteiger partial charge in [0.25, 0.3) is 0 Å². The van der Waals surface area contributed by atoms with Crippen molar-refractivity contribution in [1.82, 2.24) is 9.55 Å². The van der Waals surface area contributed by atoms with Crippen LogP contribution in [0.4, 0.5) is 11.6 Å². The monoisotopic (exact) mass is 385 g/mol. The number of hydrogen-bond acceptors (Lipinski definition) is 5. The number of halogens is 1. The van der Waals surface area contributed by atoms with Crippen LogP contribution < -0.4 is 20.3 Å². The number of rotatable bonds is 6. The lowest BCUT2D eigenvalue weighted by Gasteiger charge is -2.17. The molecule has 0 saturated carbocycles. The number of methoxy groups -OCH3 is 2. The summed E-state index contributed by atoms with van der Waals surface area (Å²) in [4.78, 5) is 16.3. The SMILES string of the molecule is COc1ccc(Cn2cc(OC)c(=O)nc2Nc2cccc(Cl)c2C)cc1. The number of nitrogens with one attached hydrogen (secondary N) is 1. The molecule has 1 N–H and O–H groups in total. The van der Waals surface area contributed by atoms with Crippen LogP contribution >= 0.6 is 11.6 Å². The Bertz CT molecular complexity index is 1000. The summed E-state index contributed by atoms with van der Waals surface area (Å²) < 4.78 is 12.2. The molecule has 0 amide bonds. The lowest BCUT2D eigenvalue weighted by atomic mass is 10.2. The fourth-order valence-corrected chi connectivity index (χ4v) is 2.80. The van der Waals surface area contributed by atoms with E-state index < -0.39 is 5.56 Å². The second-order valence-corrected chi connectivity index (χ2v) is 6.36. The zero-order valence-corrected chi connectivity index (χ0v) is 16.1. The molecule has 1 heterocycles. The average Bonchev–Trinajstić information content (AvgIpc) is 2.68. The molecule has 0 fully saturated rings. The Balaban J connectivity index is 2.00. The molecule has 0 bridgehead atoms. The molecule has 140 valence electrons.